The fourth-order valence-corrected chi connectivity index (χ4v) is 3.02. The van der Waals surface area contributed by atoms with Gasteiger partial charge >= 0.3 is 5.97 Å². The summed E-state index contributed by atoms with van der Waals surface area (Å²) in [6, 6.07) is 7.66. The minimum absolute atomic E-state index is 0.433. The van der Waals surface area contributed by atoms with Crippen LogP contribution in [0.25, 0.3) is 0 Å². The molecule has 1 atom stereocenters. The van der Waals surface area contributed by atoms with E-state index >= 15 is 0 Å². The first-order valence-corrected chi connectivity index (χ1v) is 7.68. The van der Waals surface area contributed by atoms with Crippen molar-refractivity contribution in [2.45, 2.75) is 44.6 Å². The van der Waals surface area contributed by atoms with Crippen LogP contribution in [-0.4, -0.2) is 24.1 Å². The summed E-state index contributed by atoms with van der Waals surface area (Å²) in [4.78, 5) is 23.3. The molecule has 1 saturated carbocycles. The van der Waals surface area contributed by atoms with Gasteiger partial charge in [-0.3, -0.25) is 9.59 Å². The molecule has 5 nitrogen and oxygen atoms in total. The normalized spacial score (nSPS) is 18.3. The second-order valence-corrected chi connectivity index (χ2v) is 5.92. The average Bonchev–Trinajstić information content (AvgIpc) is 2.54. The summed E-state index contributed by atoms with van der Waals surface area (Å²) in [7, 11) is 1.61. The molecule has 0 saturated heterocycles. The molecule has 5 heteroatoms. The molecule has 0 spiro atoms. The van der Waals surface area contributed by atoms with Crippen molar-refractivity contribution in [3.05, 3.63) is 29.8 Å². The lowest BCUT2D eigenvalue weighted by atomic mass is 9.76. The van der Waals surface area contributed by atoms with Crippen LogP contribution in [0.4, 0.5) is 0 Å². The molecule has 1 unspecified atom stereocenters. The van der Waals surface area contributed by atoms with Gasteiger partial charge in [-0.1, -0.05) is 31.4 Å². The summed E-state index contributed by atoms with van der Waals surface area (Å²) in [5.41, 5.74) is 0.491. The summed E-state index contributed by atoms with van der Waals surface area (Å²) < 4.78 is 5.27. The lowest BCUT2D eigenvalue weighted by molar-refractivity contribution is -0.147. The Hall–Kier alpha value is -2.04. The molecule has 1 amide bonds. The number of amides is 1. The summed E-state index contributed by atoms with van der Waals surface area (Å²) in [5.74, 6) is -1.85. The van der Waals surface area contributed by atoms with Crippen molar-refractivity contribution in [2.24, 2.45) is 5.92 Å². The third-order valence-electron chi connectivity index (χ3n) is 4.46. The van der Waals surface area contributed by atoms with Crippen LogP contribution < -0.4 is 10.1 Å². The summed E-state index contributed by atoms with van der Waals surface area (Å²) in [5, 5.41) is 12.0. The minimum Gasteiger partial charge on any atom is -0.497 e. The molecule has 1 aliphatic carbocycles. The van der Waals surface area contributed by atoms with Crippen LogP contribution in [0, 0.1) is 5.92 Å². The zero-order valence-corrected chi connectivity index (χ0v) is 13.1. The van der Waals surface area contributed by atoms with Gasteiger partial charge in [0, 0.05) is 0 Å². The molecule has 0 aromatic heterocycles. The Labute approximate surface area is 130 Å². The Kier molecular flexibility index (Phi) is 5.06. The lowest BCUT2D eigenvalue weighted by Gasteiger charge is -2.39. The molecule has 1 aromatic rings. The van der Waals surface area contributed by atoms with Crippen LogP contribution in [0.3, 0.4) is 0 Å². The molecule has 0 radical (unpaired) electrons. The van der Waals surface area contributed by atoms with E-state index in [0.29, 0.717) is 0 Å². The molecule has 1 aliphatic rings. The zero-order chi connectivity index (χ0) is 16.2. The quantitative estimate of drug-likeness (QED) is 0.820. The standard InChI is InChI=1S/C17H23NO4/c1-12(16(20)21)15(19)18-17(9-4-3-5-10-17)13-7-6-8-14(11-13)22-2/h6-8,11-12H,3-5,9-10H2,1-2H3,(H,18,19)(H,20,21). The number of hydrogen-bond acceptors (Lipinski definition) is 3. The van der Waals surface area contributed by atoms with Crippen molar-refractivity contribution in [3.8, 4) is 5.75 Å². The van der Waals surface area contributed by atoms with Crippen LogP contribution in [0.15, 0.2) is 24.3 Å². The molecular formula is C17H23NO4. The number of ether oxygens (including phenoxy) is 1. The maximum atomic E-state index is 12.3. The molecule has 120 valence electrons. The Morgan fingerprint density at radius 3 is 2.55 bits per heavy atom. The molecule has 0 bridgehead atoms. The van der Waals surface area contributed by atoms with E-state index in [4.69, 9.17) is 9.84 Å². The van der Waals surface area contributed by atoms with Crippen LogP contribution in [0.2, 0.25) is 0 Å². The maximum Gasteiger partial charge on any atom is 0.315 e. The number of hydrogen-bond donors (Lipinski definition) is 2. The molecule has 1 aromatic carbocycles. The predicted octanol–water partition coefficient (Wildman–Crippen LogP) is 2.69. The van der Waals surface area contributed by atoms with Crippen molar-refractivity contribution < 1.29 is 19.4 Å². The number of benzene rings is 1. The van der Waals surface area contributed by atoms with E-state index in [1.165, 1.54) is 6.92 Å². The Morgan fingerprint density at radius 1 is 1.27 bits per heavy atom. The van der Waals surface area contributed by atoms with Crippen LogP contribution in [0.1, 0.15) is 44.6 Å². The molecule has 0 aliphatic heterocycles. The van der Waals surface area contributed by atoms with Gasteiger partial charge in [-0.15, -0.1) is 0 Å². The number of carbonyl (C=O) groups is 2. The third-order valence-corrected chi connectivity index (χ3v) is 4.46. The molecular weight excluding hydrogens is 282 g/mol. The fourth-order valence-electron chi connectivity index (χ4n) is 3.02. The van der Waals surface area contributed by atoms with E-state index in [9.17, 15) is 9.59 Å². The maximum absolute atomic E-state index is 12.3. The SMILES string of the molecule is COc1cccc(C2(NC(=O)C(C)C(=O)O)CCCCC2)c1. The highest BCUT2D eigenvalue weighted by Crippen LogP contribution is 2.38. The Bertz CT molecular complexity index is 549. The first kappa shape index (κ1) is 16.3. The van der Waals surface area contributed by atoms with E-state index in [0.717, 1.165) is 43.4 Å². The number of rotatable bonds is 5. The summed E-state index contributed by atoms with van der Waals surface area (Å²) in [6.07, 6.45) is 4.80. The van der Waals surface area contributed by atoms with Crippen molar-refractivity contribution in [1.29, 1.82) is 0 Å². The first-order valence-electron chi connectivity index (χ1n) is 7.68. The number of aliphatic carboxylic acids is 1. The van der Waals surface area contributed by atoms with E-state index < -0.39 is 23.3 Å². The second kappa shape index (κ2) is 6.81. The molecule has 22 heavy (non-hydrogen) atoms. The van der Waals surface area contributed by atoms with E-state index in [1.807, 2.05) is 24.3 Å². The van der Waals surface area contributed by atoms with Gasteiger partial charge in [-0.05, 0) is 37.5 Å². The lowest BCUT2D eigenvalue weighted by Crippen LogP contribution is -2.50. The Morgan fingerprint density at radius 2 is 1.95 bits per heavy atom. The van der Waals surface area contributed by atoms with Gasteiger partial charge in [0.05, 0.1) is 12.6 Å². The number of carboxylic acids is 1. The van der Waals surface area contributed by atoms with Gasteiger partial charge < -0.3 is 15.2 Å². The zero-order valence-electron chi connectivity index (χ0n) is 13.1. The molecule has 2 N–H and O–H groups in total. The highest BCUT2D eigenvalue weighted by molar-refractivity contribution is 5.96. The van der Waals surface area contributed by atoms with Crippen molar-refractivity contribution in [2.75, 3.05) is 7.11 Å². The highest BCUT2D eigenvalue weighted by atomic mass is 16.5. The van der Waals surface area contributed by atoms with Gasteiger partial charge in [0.15, 0.2) is 0 Å². The number of carboxylic acid groups (broad SMARTS) is 1. The van der Waals surface area contributed by atoms with Crippen molar-refractivity contribution >= 4 is 11.9 Å². The Balaban J connectivity index is 2.31. The molecule has 0 heterocycles. The smallest absolute Gasteiger partial charge is 0.315 e. The molecule has 1 fully saturated rings. The van der Waals surface area contributed by atoms with Crippen LogP contribution in [-0.2, 0) is 15.1 Å². The van der Waals surface area contributed by atoms with Crippen molar-refractivity contribution in [1.82, 2.24) is 5.32 Å². The topological polar surface area (TPSA) is 75.6 Å². The van der Waals surface area contributed by atoms with E-state index in [1.54, 1.807) is 7.11 Å². The number of methoxy groups -OCH3 is 1. The summed E-state index contributed by atoms with van der Waals surface area (Å²) >= 11 is 0. The van der Waals surface area contributed by atoms with Crippen LogP contribution >= 0.6 is 0 Å². The highest BCUT2D eigenvalue weighted by Gasteiger charge is 2.37. The fraction of sp³-hybridized carbons (Fsp3) is 0.529. The second-order valence-electron chi connectivity index (χ2n) is 5.92. The van der Waals surface area contributed by atoms with Gasteiger partial charge in [-0.25, -0.2) is 0 Å². The van der Waals surface area contributed by atoms with Gasteiger partial charge in [0.2, 0.25) is 5.91 Å². The third kappa shape index (κ3) is 3.40. The number of nitrogens with one attached hydrogen (secondary N) is 1. The predicted molar refractivity (Wildman–Crippen MR) is 82.7 cm³/mol. The van der Waals surface area contributed by atoms with Gasteiger partial charge in [0.25, 0.3) is 0 Å². The number of carbonyl (C=O) groups excluding carboxylic acids is 1. The molecule has 2 rings (SSSR count). The van der Waals surface area contributed by atoms with Crippen LogP contribution in [0.5, 0.6) is 5.75 Å². The summed E-state index contributed by atoms with van der Waals surface area (Å²) in [6.45, 7) is 1.42. The van der Waals surface area contributed by atoms with Gasteiger partial charge in [0.1, 0.15) is 11.7 Å². The average molecular weight is 305 g/mol. The van der Waals surface area contributed by atoms with E-state index in [-0.39, 0.29) is 0 Å². The largest absolute Gasteiger partial charge is 0.497 e. The first-order chi connectivity index (χ1) is 10.5. The van der Waals surface area contributed by atoms with Gasteiger partial charge in [-0.2, -0.15) is 0 Å². The van der Waals surface area contributed by atoms with E-state index in [2.05, 4.69) is 5.32 Å². The minimum atomic E-state index is -1.10. The monoisotopic (exact) mass is 305 g/mol. The van der Waals surface area contributed by atoms with Crippen molar-refractivity contribution in [3.63, 3.8) is 0 Å².